The Bertz CT molecular complexity index is 314. The molecule has 12 heavy (non-hydrogen) atoms. The summed E-state index contributed by atoms with van der Waals surface area (Å²) in [6, 6.07) is 4.83. The fraction of sp³-hybridized carbons (Fsp3) is 0.143. The predicted molar refractivity (Wildman–Crippen MR) is 53.7 cm³/mol. The molecular formula is C7H7IN2O2. The molecule has 0 saturated heterocycles. The van der Waals surface area contributed by atoms with E-state index in [0.29, 0.717) is 6.54 Å². The van der Waals surface area contributed by atoms with Gasteiger partial charge in [0.05, 0.1) is 4.92 Å². The van der Waals surface area contributed by atoms with E-state index in [1.165, 1.54) is 12.1 Å². The van der Waals surface area contributed by atoms with Crippen molar-refractivity contribution in [2.24, 2.45) is 5.73 Å². The molecule has 0 aliphatic rings. The number of hydrogen-bond donors (Lipinski definition) is 1. The topological polar surface area (TPSA) is 69.2 Å². The smallest absolute Gasteiger partial charge is 0.270 e. The number of hydrogen-bond acceptors (Lipinski definition) is 3. The summed E-state index contributed by atoms with van der Waals surface area (Å²) in [7, 11) is 0. The summed E-state index contributed by atoms with van der Waals surface area (Å²) in [5.41, 5.74) is 6.25. The third-order valence-corrected chi connectivity index (χ3v) is 2.01. The predicted octanol–water partition coefficient (Wildman–Crippen LogP) is 1.66. The molecule has 0 aromatic heterocycles. The summed E-state index contributed by atoms with van der Waals surface area (Å²) in [6.07, 6.45) is 0. The van der Waals surface area contributed by atoms with Crippen LogP contribution in [0.1, 0.15) is 5.56 Å². The lowest BCUT2D eigenvalue weighted by molar-refractivity contribution is -0.385. The van der Waals surface area contributed by atoms with Gasteiger partial charge in [0.1, 0.15) is 0 Å². The first-order chi connectivity index (χ1) is 5.63. The van der Waals surface area contributed by atoms with Crippen LogP contribution in [0.25, 0.3) is 0 Å². The van der Waals surface area contributed by atoms with Crippen LogP contribution in [-0.4, -0.2) is 4.92 Å². The second-order valence-electron chi connectivity index (χ2n) is 2.28. The minimum atomic E-state index is -0.415. The number of non-ortho nitro benzene ring substituents is 1. The fourth-order valence-electron chi connectivity index (χ4n) is 0.857. The molecule has 1 aromatic carbocycles. The first kappa shape index (κ1) is 9.40. The zero-order valence-electron chi connectivity index (χ0n) is 6.16. The normalized spacial score (nSPS) is 9.83. The van der Waals surface area contributed by atoms with E-state index < -0.39 is 4.92 Å². The number of benzene rings is 1. The third-order valence-electron chi connectivity index (χ3n) is 1.39. The molecule has 64 valence electrons. The Balaban J connectivity index is 3.15. The Morgan fingerprint density at radius 1 is 1.50 bits per heavy atom. The van der Waals surface area contributed by atoms with E-state index in [1.54, 1.807) is 0 Å². The zero-order chi connectivity index (χ0) is 9.14. The summed E-state index contributed by atoms with van der Waals surface area (Å²) < 4.78 is 0.835. The quantitative estimate of drug-likeness (QED) is 0.508. The largest absolute Gasteiger partial charge is 0.326 e. The van der Waals surface area contributed by atoms with E-state index in [4.69, 9.17) is 5.73 Å². The van der Waals surface area contributed by atoms with E-state index in [0.717, 1.165) is 9.13 Å². The van der Waals surface area contributed by atoms with Crippen molar-refractivity contribution in [1.82, 2.24) is 0 Å². The van der Waals surface area contributed by atoms with Crippen LogP contribution < -0.4 is 5.73 Å². The van der Waals surface area contributed by atoms with Crippen molar-refractivity contribution in [2.45, 2.75) is 6.54 Å². The van der Waals surface area contributed by atoms with Crippen LogP contribution in [0, 0.1) is 13.7 Å². The molecule has 0 aliphatic carbocycles. The van der Waals surface area contributed by atoms with Crippen LogP contribution in [0.3, 0.4) is 0 Å². The van der Waals surface area contributed by atoms with Crippen LogP contribution in [0.4, 0.5) is 5.69 Å². The first-order valence-corrected chi connectivity index (χ1v) is 4.35. The Hall–Kier alpha value is -0.690. The summed E-state index contributed by atoms with van der Waals surface area (Å²) in [5, 5.41) is 10.4. The maximum absolute atomic E-state index is 10.4. The van der Waals surface area contributed by atoms with Gasteiger partial charge in [0.25, 0.3) is 5.69 Å². The summed E-state index contributed by atoms with van der Waals surface area (Å²) >= 11 is 2.03. The molecule has 1 aromatic rings. The SMILES string of the molecule is NCc1cc(I)cc([N+](=O)[O-])c1. The molecule has 4 nitrogen and oxygen atoms in total. The maximum atomic E-state index is 10.4. The highest BCUT2D eigenvalue weighted by molar-refractivity contribution is 14.1. The van der Waals surface area contributed by atoms with E-state index >= 15 is 0 Å². The number of nitro benzene ring substituents is 1. The van der Waals surface area contributed by atoms with Gasteiger partial charge in [-0.1, -0.05) is 0 Å². The second kappa shape index (κ2) is 3.81. The highest BCUT2D eigenvalue weighted by Crippen LogP contribution is 2.17. The average Bonchev–Trinajstić information content (AvgIpc) is 2.03. The Kier molecular flexibility index (Phi) is 2.99. The van der Waals surface area contributed by atoms with Crippen LogP contribution in [-0.2, 0) is 6.54 Å². The Morgan fingerprint density at radius 3 is 2.67 bits per heavy atom. The third kappa shape index (κ3) is 2.15. The molecule has 0 heterocycles. The molecule has 0 unspecified atom stereocenters. The van der Waals surface area contributed by atoms with Crippen molar-refractivity contribution < 1.29 is 4.92 Å². The lowest BCUT2D eigenvalue weighted by Gasteiger charge is -1.97. The molecule has 0 bridgehead atoms. The van der Waals surface area contributed by atoms with Crippen LogP contribution in [0.2, 0.25) is 0 Å². The number of nitrogens with two attached hydrogens (primary N) is 1. The molecule has 0 radical (unpaired) electrons. The van der Waals surface area contributed by atoms with Gasteiger partial charge in [-0.3, -0.25) is 10.1 Å². The molecule has 0 atom stereocenters. The molecule has 0 spiro atoms. The summed E-state index contributed by atoms with van der Waals surface area (Å²) in [4.78, 5) is 9.97. The van der Waals surface area contributed by atoms with Gasteiger partial charge in [0.15, 0.2) is 0 Å². The van der Waals surface area contributed by atoms with Gasteiger partial charge in [0, 0.05) is 22.2 Å². The van der Waals surface area contributed by atoms with Crippen molar-refractivity contribution in [3.8, 4) is 0 Å². The lowest BCUT2D eigenvalue weighted by atomic mass is 10.2. The van der Waals surface area contributed by atoms with Crippen molar-refractivity contribution in [3.63, 3.8) is 0 Å². The van der Waals surface area contributed by atoms with Gasteiger partial charge in [-0.05, 0) is 34.2 Å². The lowest BCUT2D eigenvalue weighted by Crippen LogP contribution is -1.98. The highest BCUT2D eigenvalue weighted by atomic mass is 127. The molecule has 2 N–H and O–H groups in total. The van der Waals surface area contributed by atoms with Gasteiger partial charge in [-0.2, -0.15) is 0 Å². The maximum Gasteiger partial charge on any atom is 0.270 e. The minimum Gasteiger partial charge on any atom is -0.326 e. The van der Waals surface area contributed by atoms with Gasteiger partial charge in [0.2, 0.25) is 0 Å². The van der Waals surface area contributed by atoms with Gasteiger partial charge in [-0.15, -0.1) is 0 Å². The van der Waals surface area contributed by atoms with Gasteiger partial charge in [-0.25, -0.2) is 0 Å². The highest BCUT2D eigenvalue weighted by Gasteiger charge is 2.06. The number of nitrogens with zero attached hydrogens (tertiary/aromatic N) is 1. The molecule has 0 aliphatic heterocycles. The van der Waals surface area contributed by atoms with Crippen molar-refractivity contribution in [2.75, 3.05) is 0 Å². The number of halogens is 1. The van der Waals surface area contributed by atoms with E-state index in [2.05, 4.69) is 0 Å². The summed E-state index contributed by atoms with van der Waals surface area (Å²) in [5.74, 6) is 0. The van der Waals surface area contributed by atoms with Crippen LogP contribution in [0.5, 0.6) is 0 Å². The monoisotopic (exact) mass is 278 g/mol. The van der Waals surface area contributed by atoms with Crippen molar-refractivity contribution in [1.29, 1.82) is 0 Å². The molecule has 5 heteroatoms. The van der Waals surface area contributed by atoms with Gasteiger partial charge >= 0.3 is 0 Å². The standard InChI is InChI=1S/C7H7IN2O2/c8-6-1-5(4-9)2-7(3-6)10(11)12/h1-3H,4,9H2. The Morgan fingerprint density at radius 2 is 2.17 bits per heavy atom. The number of nitro groups is 1. The minimum absolute atomic E-state index is 0.0994. The first-order valence-electron chi connectivity index (χ1n) is 3.27. The van der Waals surface area contributed by atoms with Crippen LogP contribution in [0.15, 0.2) is 18.2 Å². The molecule has 0 amide bonds. The molecular weight excluding hydrogens is 271 g/mol. The van der Waals surface area contributed by atoms with Crippen LogP contribution >= 0.6 is 22.6 Å². The van der Waals surface area contributed by atoms with Crippen molar-refractivity contribution in [3.05, 3.63) is 37.4 Å². The Labute approximate surface area is 83.1 Å². The zero-order valence-corrected chi connectivity index (χ0v) is 8.32. The average molecular weight is 278 g/mol. The fourth-order valence-corrected chi connectivity index (χ4v) is 1.58. The summed E-state index contributed by atoms with van der Waals surface area (Å²) in [6.45, 7) is 0.331. The second-order valence-corrected chi connectivity index (χ2v) is 3.52. The van der Waals surface area contributed by atoms with Crippen molar-refractivity contribution >= 4 is 28.3 Å². The molecule has 0 fully saturated rings. The molecule has 0 saturated carbocycles. The van der Waals surface area contributed by atoms with Gasteiger partial charge < -0.3 is 5.73 Å². The van der Waals surface area contributed by atoms with E-state index in [-0.39, 0.29) is 5.69 Å². The number of rotatable bonds is 2. The van der Waals surface area contributed by atoms with E-state index in [1.807, 2.05) is 28.7 Å². The van der Waals surface area contributed by atoms with E-state index in [9.17, 15) is 10.1 Å². The molecule has 1 rings (SSSR count).